The Bertz CT molecular complexity index is 615. The highest BCUT2D eigenvalue weighted by Gasteiger charge is 2.04. The highest BCUT2D eigenvalue weighted by Crippen LogP contribution is 2.10. The van der Waals surface area contributed by atoms with Crippen LogP contribution in [0.5, 0.6) is 0 Å². The van der Waals surface area contributed by atoms with Crippen molar-refractivity contribution in [3.63, 3.8) is 0 Å². The van der Waals surface area contributed by atoms with Gasteiger partial charge in [-0.05, 0) is 37.6 Å². The molecule has 0 amide bonds. The molecule has 0 fully saturated rings. The maximum Gasteiger partial charge on any atom is 0.191 e. The molecule has 0 spiro atoms. The monoisotopic (exact) mass is 443 g/mol. The van der Waals surface area contributed by atoms with Gasteiger partial charge in [0.05, 0.1) is 18.8 Å². The average Bonchev–Trinajstić information content (AvgIpc) is 3.08. The summed E-state index contributed by atoms with van der Waals surface area (Å²) >= 11 is 0. The number of halogens is 1. The van der Waals surface area contributed by atoms with Crippen molar-refractivity contribution in [3.8, 4) is 5.69 Å². The molecule has 2 aromatic rings. The SMILES string of the molecule is CCNC(=NCc1cccc(-n2cccn2)c1)NC(C)COC.I. The van der Waals surface area contributed by atoms with Gasteiger partial charge < -0.3 is 15.4 Å². The number of aliphatic imine (C=N–C) groups is 1. The maximum atomic E-state index is 5.15. The zero-order valence-corrected chi connectivity index (χ0v) is 16.7. The number of nitrogens with one attached hydrogen (secondary N) is 2. The van der Waals surface area contributed by atoms with Crippen LogP contribution < -0.4 is 10.6 Å². The molecule has 0 saturated carbocycles. The minimum atomic E-state index is 0. The Hall–Kier alpha value is -1.61. The van der Waals surface area contributed by atoms with Gasteiger partial charge in [0.2, 0.25) is 0 Å². The number of guanidine groups is 1. The van der Waals surface area contributed by atoms with Crippen molar-refractivity contribution in [1.82, 2.24) is 20.4 Å². The van der Waals surface area contributed by atoms with Crippen molar-refractivity contribution in [3.05, 3.63) is 48.3 Å². The highest BCUT2D eigenvalue weighted by molar-refractivity contribution is 14.0. The lowest BCUT2D eigenvalue weighted by molar-refractivity contribution is 0.179. The van der Waals surface area contributed by atoms with Crippen molar-refractivity contribution >= 4 is 29.9 Å². The molecule has 1 aromatic carbocycles. The van der Waals surface area contributed by atoms with Gasteiger partial charge in [0.15, 0.2) is 5.96 Å². The summed E-state index contributed by atoms with van der Waals surface area (Å²) in [6, 6.07) is 10.3. The first kappa shape index (κ1) is 20.4. The van der Waals surface area contributed by atoms with E-state index in [2.05, 4.69) is 46.7 Å². The first-order valence-electron chi connectivity index (χ1n) is 7.85. The van der Waals surface area contributed by atoms with Crippen molar-refractivity contribution in [2.45, 2.75) is 26.4 Å². The third-order valence-electron chi connectivity index (χ3n) is 3.24. The summed E-state index contributed by atoms with van der Waals surface area (Å²) in [5, 5.41) is 10.8. The maximum absolute atomic E-state index is 5.15. The number of ether oxygens (including phenoxy) is 1. The molecule has 1 heterocycles. The number of benzene rings is 1. The van der Waals surface area contributed by atoms with Crippen LogP contribution >= 0.6 is 24.0 Å². The van der Waals surface area contributed by atoms with E-state index >= 15 is 0 Å². The van der Waals surface area contributed by atoms with E-state index in [0.717, 1.165) is 23.8 Å². The van der Waals surface area contributed by atoms with Gasteiger partial charge in [-0.2, -0.15) is 5.10 Å². The van der Waals surface area contributed by atoms with Gasteiger partial charge in [0.25, 0.3) is 0 Å². The smallest absolute Gasteiger partial charge is 0.191 e. The van der Waals surface area contributed by atoms with Gasteiger partial charge in [-0.1, -0.05) is 12.1 Å². The van der Waals surface area contributed by atoms with E-state index in [1.165, 1.54) is 0 Å². The molecule has 1 unspecified atom stereocenters. The van der Waals surface area contributed by atoms with Crippen LogP contribution in [-0.4, -0.2) is 42.0 Å². The summed E-state index contributed by atoms with van der Waals surface area (Å²) in [5.41, 5.74) is 2.17. The average molecular weight is 443 g/mol. The van der Waals surface area contributed by atoms with Gasteiger partial charge in [0.1, 0.15) is 0 Å². The summed E-state index contributed by atoms with van der Waals surface area (Å²) in [7, 11) is 1.70. The second kappa shape index (κ2) is 11.0. The molecule has 0 bridgehead atoms. The van der Waals surface area contributed by atoms with Crippen molar-refractivity contribution in [2.24, 2.45) is 4.99 Å². The molecule has 6 nitrogen and oxygen atoms in total. The Labute approximate surface area is 160 Å². The third-order valence-corrected chi connectivity index (χ3v) is 3.24. The summed E-state index contributed by atoms with van der Waals surface area (Å²) < 4.78 is 6.99. The van der Waals surface area contributed by atoms with Crippen LogP contribution in [0.1, 0.15) is 19.4 Å². The van der Waals surface area contributed by atoms with Gasteiger partial charge >= 0.3 is 0 Å². The molecule has 0 aliphatic heterocycles. The predicted molar refractivity (Wildman–Crippen MR) is 108 cm³/mol. The van der Waals surface area contributed by atoms with Crippen LogP contribution in [0.2, 0.25) is 0 Å². The zero-order chi connectivity index (χ0) is 16.5. The van der Waals surface area contributed by atoms with Crippen LogP contribution in [0.15, 0.2) is 47.7 Å². The molecule has 24 heavy (non-hydrogen) atoms. The predicted octanol–water partition coefficient (Wildman–Crippen LogP) is 2.58. The Morgan fingerprint density at radius 3 is 2.88 bits per heavy atom. The fourth-order valence-corrected chi connectivity index (χ4v) is 2.23. The number of hydrogen-bond donors (Lipinski definition) is 2. The molecular weight excluding hydrogens is 417 g/mol. The van der Waals surface area contributed by atoms with E-state index in [1.807, 2.05) is 29.1 Å². The molecule has 0 aliphatic carbocycles. The van der Waals surface area contributed by atoms with E-state index in [1.54, 1.807) is 13.3 Å². The van der Waals surface area contributed by atoms with E-state index in [0.29, 0.717) is 13.2 Å². The van der Waals surface area contributed by atoms with Crippen molar-refractivity contribution in [2.75, 3.05) is 20.3 Å². The Morgan fingerprint density at radius 1 is 1.38 bits per heavy atom. The molecule has 1 atom stereocenters. The molecular formula is C17H26IN5O. The minimum absolute atomic E-state index is 0. The van der Waals surface area contributed by atoms with Crippen LogP contribution in [0.3, 0.4) is 0 Å². The standard InChI is InChI=1S/C17H25N5O.HI/c1-4-18-17(21-14(2)13-23-3)19-12-15-7-5-8-16(11-15)22-10-6-9-20-22;/h5-11,14H,4,12-13H2,1-3H3,(H2,18,19,21);1H. The lowest BCUT2D eigenvalue weighted by atomic mass is 10.2. The highest BCUT2D eigenvalue weighted by atomic mass is 127. The van der Waals surface area contributed by atoms with Gasteiger partial charge in [-0.15, -0.1) is 24.0 Å². The van der Waals surface area contributed by atoms with Gasteiger partial charge in [-0.25, -0.2) is 9.67 Å². The van der Waals surface area contributed by atoms with Gasteiger partial charge in [-0.3, -0.25) is 0 Å². The molecule has 132 valence electrons. The third kappa shape index (κ3) is 6.48. The molecule has 0 aliphatic rings. The van der Waals surface area contributed by atoms with Crippen LogP contribution in [-0.2, 0) is 11.3 Å². The summed E-state index contributed by atoms with van der Waals surface area (Å²) in [6.45, 7) is 6.17. The number of aromatic nitrogens is 2. The normalized spacial score (nSPS) is 12.4. The van der Waals surface area contributed by atoms with Crippen molar-refractivity contribution < 1.29 is 4.74 Å². The molecule has 7 heteroatoms. The lowest BCUT2D eigenvalue weighted by Gasteiger charge is -2.17. The largest absolute Gasteiger partial charge is 0.383 e. The summed E-state index contributed by atoms with van der Waals surface area (Å²) in [6.07, 6.45) is 3.70. The Kier molecular flexibility index (Phi) is 9.39. The number of rotatable bonds is 7. The van der Waals surface area contributed by atoms with Crippen LogP contribution in [0.4, 0.5) is 0 Å². The molecule has 0 saturated heterocycles. The molecule has 1 aromatic heterocycles. The Balaban J connectivity index is 0.00000288. The number of nitrogens with zero attached hydrogens (tertiary/aromatic N) is 3. The fraction of sp³-hybridized carbons (Fsp3) is 0.412. The van der Waals surface area contributed by atoms with E-state index in [4.69, 9.17) is 4.74 Å². The first-order valence-corrected chi connectivity index (χ1v) is 7.85. The molecule has 2 rings (SSSR count). The van der Waals surface area contributed by atoms with Crippen molar-refractivity contribution in [1.29, 1.82) is 0 Å². The number of methoxy groups -OCH3 is 1. The Morgan fingerprint density at radius 2 is 2.21 bits per heavy atom. The minimum Gasteiger partial charge on any atom is -0.383 e. The fourth-order valence-electron chi connectivity index (χ4n) is 2.23. The quantitative estimate of drug-likeness (QED) is 0.393. The molecule has 2 N–H and O–H groups in total. The van der Waals surface area contributed by atoms with Crippen LogP contribution in [0.25, 0.3) is 5.69 Å². The second-order valence-corrected chi connectivity index (χ2v) is 5.32. The van der Waals surface area contributed by atoms with E-state index in [9.17, 15) is 0 Å². The van der Waals surface area contributed by atoms with E-state index < -0.39 is 0 Å². The first-order chi connectivity index (χ1) is 11.2. The summed E-state index contributed by atoms with van der Waals surface area (Å²) in [4.78, 5) is 4.64. The summed E-state index contributed by atoms with van der Waals surface area (Å²) in [5.74, 6) is 0.793. The number of hydrogen-bond acceptors (Lipinski definition) is 3. The zero-order valence-electron chi connectivity index (χ0n) is 14.4. The van der Waals surface area contributed by atoms with E-state index in [-0.39, 0.29) is 30.0 Å². The van der Waals surface area contributed by atoms with Gasteiger partial charge in [0, 0.05) is 32.1 Å². The van der Waals surface area contributed by atoms with Crippen LogP contribution in [0, 0.1) is 0 Å². The topological polar surface area (TPSA) is 63.5 Å². The molecule has 0 radical (unpaired) electrons. The second-order valence-electron chi connectivity index (χ2n) is 5.32. The lowest BCUT2D eigenvalue weighted by Crippen LogP contribution is -2.43.